The second-order valence-electron chi connectivity index (χ2n) is 11.4. The molecular formula is C34H28F2N4O7S. The maximum absolute atomic E-state index is 15.0. The summed E-state index contributed by atoms with van der Waals surface area (Å²) >= 11 is 0. The Bertz CT molecular complexity index is 2380. The largest absolute Gasteiger partial charge is 0.460 e. The summed E-state index contributed by atoms with van der Waals surface area (Å²) in [5, 5.41) is 24.0. The van der Waals surface area contributed by atoms with Gasteiger partial charge in [0.15, 0.2) is 5.75 Å². The van der Waals surface area contributed by atoms with Crippen molar-refractivity contribution >= 4 is 43.5 Å². The van der Waals surface area contributed by atoms with Gasteiger partial charge in [-0.05, 0) is 60.7 Å². The van der Waals surface area contributed by atoms with Gasteiger partial charge in [-0.3, -0.25) is 13.7 Å². The van der Waals surface area contributed by atoms with Crippen LogP contribution in [0, 0.1) is 11.6 Å². The fraction of sp³-hybridized carbons (Fsp3) is 0.176. The number of aliphatic hydroxyl groups is 2. The molecule has 0 radical (unpaired) electrons. The van der Waals surface area contributed by atoms with Crippen LogP contribution in [0.4, 0.5) is 14.5 Å². The molecule has 0 atom stereocenters. The van der Waals surface area contributed by atoms with Crippen molar-refractivity contribution < 1.29 is 41.4 Å². The Kier molecular flexibility index (Phi) is 7.27. The number of sulfonamides is 1. The number of aromatic nitrogens is 2. The smallest absolute Gasteiger partial charge is 0.255 e. The lowest BCUT2D eigenvalue weighted by Gasteiger charge is -2.38. The van der Waals surface area contributed by atoms with Crippen LogP contribution in [0.15, 0.2) is 77.2 Å². The molecule has 11 nitrogen and oxygen atoms in total. The summed E-state index contributed by atoms with van der Waals surface area (Å²) in [4.78, 5) is 18.1. The Morgan fingerprint density at radius 2 is 1.75 bits per heavy atom. The Labute approximate surface area is 272 Å². The average molecular weight is 675 g/mol. The second kappa shape index (κ2) is 11.1. The highest BCUT2D eigenvalue weighted by Gasteiger charge is 2.42. The van der Waals surface area contributed by atoms with Crippen LogP contribution in [0.25, 0.3) is 55.8 Å². The van der Waals surface area contributed by atoms with Crippen LogP contribution in [-0.4, -0.2) is 67.7 Å². The van der Waals surface area contributed by atoms with Crippen molar-refractivity contribution in [3.63, 3.8) is 0 Å². The Morgan fingerprint density at radius 1 is 1.02 bits per heavy atom. The summed E-state index contributed by atoms with van der Waals surface area (Å²) in [6.45, 7) is -1.28. The molecule has 1 aliphatic rings. The molecule has 0 saturated heterocycles. The molecule has 48 heavy (non-hydrogen) atoms. The number of hydrogen-bond donors (Lipinski definition) is 3. The van der Waals surface area contributed by atoms with Crippen LogP contribution < -0.4 is 14.4 Å². The van der Waals surface area contributed by atoms with Crippen LogP contribution in [-0.2, 0) is 15.7 Å². The predicted molar refractivity (Wildman–Crippen MR) is 175 cm³/mol. The lowest BCUT2D eigenvalue weighted by molar-refractivity contribution is -0.0938. The molecule has 1 amide bonds. The molecule has 4 heterocycles. The van der Waals surface area contributed by atoms with Gasteiger partial charge in [-0.15, -0.1) is 0 Å². The van der Waals surface area contributed by atoms with E-state index in [0.29, 0.717) is 27.7 Å². The summed E-state index contributed by atoms with van der Waals surface area (Å²) in [7, 11) is -1.01. The van der Waals surface area contributed by atoms with Crippen molar-refractivity contribution in [3.8, 4) is 39.7 Å². The predicted octanol–water partition coefficient (Wildman–Crippen LogP) is 4.85. The Morgan fingerprint density at radius 3 is 2.42 bits per heavy atom. The average Bonchev–Trinajstić information content (AvgIpc) is 3.67. The number of amides is 1. The SMILES string of the molecule is CNC(=O)c1c(-c2ccc(F)cc2)oc2cc(N(C)S(C)(=O)=O)c(-c3ccc4c(n3)-c3cc5c(F)cccc5n3C(CO)(CO)O4)cc12. The number of pyridine rings is 1. The van der Waals surface area contributed by atoms with Gasteiger partial charge in [-0.2, -0.15) is 0 Å². The van der Waals surface area contributed by atoms with Crippen molar-refractivity contribution in [1.82, 2.24) is 14.9 Å². The number of rotatable bonds is 7. The van der Waals surface area contributed by atoms with Crippen LogP contribution in [0.3, 0.4) is 0 Å². The van der Waals surface area contributed by atoms with Gasteiger partial charge in [-0.25, -0.2) is 22.2 Å². The van der Waals surface area contributed by atoms with Gasteiger partial charge in [0, 0.05) is 42.1 Å². The van der Waals surface area contributed by atoms with Crippen molar-refractivity contribution in [2.45, 2.75) is 5.72 Å². The first-order valence-corrected chi connectivity index (χ1v) is 16.5. The third-order valence-corrected chi connectivity index (χ3v) is 9.77. The van der Waals surface area contributed by atoms with Gasteiger partial charge < -0.3 is 24.7 Å². The van der Waals surface area contributed by atoms with Gasteiger partial charge >= 0.3 is 0 Å². The third-order valence-electron chi connectivity index (χ3n) is 8.57. The number of fused-ring (bicyclic) bond motifs is 6. The number of nitrogens with one attached hydrogen (secondary N) is 1. The molecule has 0 aliphatic carbocycles. The van der Waals surface area contributed by atoms with Crippen LogP contribution in [0.5, 0.6) is 5.75 Å². The topological polar surface area (TPSA) is 147 Å². The highest BCUT2D eigenvalue weighted by Crippen LogP contribution is 2.46. The minimum Gasteiger partial charge on any atom is -0.460 e. The first-order chi connectivity index (χ1) is 22.9. The number of benzene rings is 3. The zero-order valence-corrected chi connectivity index (χ0v) is 26.6. The molecule has 0 fully saturated rings. The molecule has 1 aliphatic heterocycles. The summed E-state index contributed by atoms with van der Waals surface area (Å²) in [6.07, 6.45) is 1.04. The summed E-state index contributed by atoms with van der Waals surface area (Å²) in [6, 6.07) is 17.6. The standard InChI is InChI=1S/C34H28F2N4O7S/c1-37-33(43)30-22-13-21(26(39(2)48(3,44)45)15-29(22)46-32(30)18-7-9-19(35)10-8-18)24-11-12-28-31(38-24)27-14-20-23(36)5-4-6-25(20)40(27)34(16-41,17-42)47-28/h4-15,41-42H,16-17H2,1-3H3,(H,37,43). The van der Waals surface area contributed by atoms with E-state index in [-0.39, 0.29) is 45.1 Å². The van der Waals surface area contributed by atoms with Crippen molar-refractivity contribution in [1.29, 1.82) is 0 Å². The van der Waals surface area contributed by atoms with Gasteiger partial charge in [0.2, 0.25) is 15.7 Å². The Balaban J connectivity index is 1.51. The monoisotopic (exact) mass is 674 g/mol. The van der Waals surface area contributed by atoms with E-state index in [1.54, 1.807) is 30.3 Å². The number of carbonyl (C=O) groups excluding carboxylic acids is 1. The normalized spacial score (nSPS) is 13.6. The molecule has 3 aromatic heterocycles. The maximum atomic E-state index is 15.0. The first kappa shape index (κ1) is 31.3. The number of nitrogens with zero attached hydrogens (tertiary/aromatic N) is 3. The van der Waals surface area contributed by atoms with Gasteiger partial charge in [0.1, 0.15) is 41.9 Å². The number of ether oxygens (including phenoxy) is 1. The fourth-order valence-electron chi connectivity index (χ4n) is 6.11. The van der Waals surface area contributed by atoms with Crippen LogP contribution in [0.2, 0.25) is 0 Å². The van der Waals surface area contributed by atoms with Crippen molar-refractivity contribution in [2.24, 2.45) is 0 Å². The maximum Gasteiger partial charge on any atom is 0.255 e. The van der Waals surface area contributed by atoms with Gasteiger partial charge in [0.05, 0.1) is 34.4 Å². The lowest BCUT2D eigenvalue weighted by Crippen LogP contribution is -2.48. The molecule has 7 rings (SSSR count). The fourth-order valence-corrected chi connectivity index (χ4v) is 6.62. The van der Waals surface area contributed by atoms with E-state index in [2.05, 4.69) is 5.32 Å². The quantitative estimate of drug-likeness (QED) is 0.218. The second-order valence-corrected chi connectivity index (χ2v) is 13.4. The van der Waals surface area contributed by atoms with E-state index in [1.165, 1.54) is 61.1 Å². The minimum absolute atomic E-state index is 0.140. The number of anilines is 1. The van der Waals surface area contributed by atoms with E-state index in [0.717, 1.165) is 10.6 Å². The first-order valence-electron chi connectivity index (χ1n) is 14.7. The van der Waals surface area contributed by atoms with E-state index in [4.69, 9.17) is 14.1 Å². The van der Waals surface area contributed by atoms with E-state index < -0.39 is 46.5 Å². The number of halogens is 2. The lowest BCUT2D eigenvalue weighted by atomic mass is 10.00. The van der Waals surface area contributed by atoms with Crippen molar-refractivity contribution in [2.75, 3.05) is 37.9 Å². The number of carbonyl (C=O) groups is 1. The summed E-state index contributed by atoms with van der Waals surface area (Å²) < 4.78 is 69.3. The molecule has 0 bridgehead atoms. The van der Waals surface area contributed by atoms with Gasteiger partial charge in [0.25, 0.3) is 5.91 Å². The number of hydrogen-bond acceptors (Lipinski definition) is 8. The Hall–Kier alpha value is -5.31. The number of furan rings is 1. The highest BCUT2D eigenvalue weighted by molar-refractivity contribution is 7.92. The third kappa shape index (κ3) is 4.71. The highest BCUT2D eigenvalue weighted by atomic mass is 32.2. The minimum atomic E-state index is -3.83. The molecule has 0 unspecified atom stereocenters. The molecular weight excluding hydrogens is 646 g/mol. The van der Waals surface area contributed by atoms with E-state index in [1.807, 2.05) is 0 Å². The zero-order valence-electron chi connectivity index (χ0n) is 25.8. The van der Waals surface area contributed by atoms with Crippen LogP contribution in [0.1, 0.15) is 10.4 Å². The van der Waals surface area contributed by atoms with E-state index >= 15 is 4.39 Å². The molecule has 3 N–H and O–H groups in total. The number of aliphatic hydroxyl groups excluding tert-OH is 2. The molecule has 0 saturated carbocycles. The molecule has 246 valence electrons. The molecule has 0 spiro atoms. The van der Waals surface area contributed by atoms with Crippen LogP contribution >= 0.6 is 0 Å². The zero-order chi connectivity index (χ0) is 34.1. The van der Waals surface area contributed by atoms with Crippen molar-refractivity contribution in [3.05, 3.63) is 90.0 Å². The summed E-state index contributed by atoms with van der Waals surface area (Å²) in [5.41, 5.74) is 0.739. The molecule has 14 heteroatoms. The summed E-state index contributed by atoms with van der Waals surface area (Å²) in [5.74, 6) is -1.17. The molecule has 6 aromatic rings. The van der Waals surface area contributed by atoms with E-state index in [9.17, 15) is 27.8 Å². The molecule has 3 aromatic carbocycles. The van der Waals surface area contributed by atoms with Gasteiger partial charge in [-0.1, -0.05) is 6.07 Å².